The summed E-state index contributed by atoms with van der Waals surface area (Å²) in [5.74, 6) is 1.84. The summed E-state index contributed by atoms with van der Waals surface area (Å²) in [6.45, 7) is 7.23. The zero-order chi connectivity index (χ0) is 15.1. The third-order valence-corrected chi connectivity index (χ3v) is 5.95. The zero-order valence-electron chi connectivity index (χ0n) is 14.7. The molecular weight excluding hydrogens is 256 g/mol. The van der Waals surface area contributed by atoms with E-state index in [1.54, 1.807) is 0 Å². The van der Waals surface area contributed by atoms with Crippen molar-refractivity contribution in [3.8, 4) is 0 Å². The average molecular weight is 295 g/mol. The monoisotopic (exact) mass is 294 g/mol. The Hall–Kier alpha value is -0.0800. The maximum atomic E-state index is 3.85. The normalized spacial score (nSPS) is 34.9. The van der Waals surface area contributed by atoms with E-state index in [-0.39, 0.29) is 0 Å². The van der Waals surface area contributed by atoms with Gasteiger partial charge in [-0.3, -0.25) is 0 Å². The zero-order valence-corrected chi connectivity index (χ0v) is 14.7. The van der Waals surface area contributed by atoms with Crippen LogP contribution in [0.15, 0.2) is 0 Å². The van der Waals surface area contributed by atoms with Crippen molar-refractivity contribution in [3.05, 3.63) is 0 Å². The van der Waals surface area contributed by atoms with Crippen molar-refractivity contribution < 1.29 is 0 Å². The van der Waals surface area contributed by atoms with Crippen LogP contribution in [0.2, 0.25) is 0 Å². The molecule has 0 aromatic carbocycles. The minimum Gasteiger partial charge on any atom is -0.314 e. The molecule has 2 nitrogen and oxygen atoms in total. The maximum Gasteiger partial charge on any atom is 0.0107 e. The predicted octanol–water partition coefficient (Wildman–Crippen LogP) is 4.45. The Balaban J connectivity index is 1.84. The van der Waals surface area contributed by atoms with E-state index in [0.29, 0.717) is 0 Å². The van der Waals surface area contributed by atoms with E-state index in [0.717, 1.165) is 23.9 Å². The van der Waals surface area contributed by atoms with E-state index in [4.69, 9.17) is 0 Å². The molecule has 2 aliphatic carbocycles. The van der Waals surface area contributed by atoms with Crippen molar-refractivity contribution in [1.29, 1.82) is 0 Å². The molecule has 0 radical (unpaired) electrons. The Bertz CT molecular complexity index is 271. The first kappa shape index (κ1) is 17.3. The van der Waals surface area contributed by atoms with E-state index >= 15 is 0 Å². The lowest BCUT2D eigenvalue weighted by atomic mass is 9.86. The Kier molecular flexibility index (Phi) is 7.53. The van der Waals surface area contributed by atoms with Gasteiger partial charge in [-0.2, -0.15) is 0 Å². The highest BCUT2D eigenvalue weighted by atomic mass is 15.1. The molecule has 124 valence electrons. The fourth-order valence-corrected chi connectivity index (χ4v) is 4.40. The molecule has 0 spiro atoms. The van der Waals surface area contributed by atoms with Crippen molar-refractivity contribution in [2.75, 3.05) is 20.1 Å². The fraction of sp³-hybridized carbons (Fsp3) is 1.00. The summed E-state index contributed by atoms with van der Waals surface area (Å²) < 4.78 is 0. The molecule has 2 atom stereocenters. The van der Waals surface area contributed by atoms with Crippen LogP contribution in [-0.2, 0) is 0 Å². The molecule has 0 aromatic heterocycles. The molecule has 2 fully saturated rings. The molecule has 0 heterocycles. The van der Waals surface area contributed by atoms with Gasteiger partial charge < -0.3 is 10.2 Å². The minimum absolute atomic E-state index is 0.775. The van der Waals surface area contributed by atoms with Gasteiger partial charge in [-0.05, 0) is 70.4 Å². The number of hydrogen-bond acceptors (Lipinski definition) is 2. The molecule has 0 amide bonds. The molecule has 2 rings (SSSR count). The lowest BCUT2D eigenvalue weighted by Crippen LogP contribution is -2.44. The first-order chi connectivity index (χ1) is 10.2. The van der Waals surface area contributed by atoms with E-state index in [9.17, 15) is 0 Å². The van der Waals surface area contributed by atoms with E-state index in [2.05, 4.69) is 31.1 Å². The van der Waals surface area contributed by atoms with Gasteiger partial charge >= 0.3 is 0 Å². The predicted molar refractivity (Wildman–Crippen MR) is 92.7 cm³/mol. The van der Waals surface area contributed by atoms with Gasteiger partial charge in [0, 0.05) is 18.6 Å². The van der Waals surface area contributed by atoms with Gasteiger partial charge in [-0.25, -0.2) is 0 Å². The Morgan fingerprint density at radius 2 is 1.67 bits per heavy atom. The third-order valence-electron chi connectivity index (χ3n) is 5.95. The van der Waals surface area contributed by atoms with E-state index < -0.39 is 0 Å². The summed E-state index contributed by atoms with van der Waals surface area (Å²) in [4.78, 5) is 2.71. The lowest BCUT2D eigenvalue weighted by molar-refractivity contribution is 0.133. The van der Waals surface area contributed by atoms with Crippen molar-refractivity contribution in [3.63, 3.8) is 0 Å². The summed E-state index contributed by atoms with van der Waals surface area (Å²) >= 11 is 0. The van der Waals surface area contributed by atoms with Crippen LogP contribution in [0.5, 0.6) is 0 Å². The van der Waals surface area contributed by atoms with E-state index in [1.165, 1.54) is 77.3 Å². The second-order valence-electron chi connectivity index (χ2n) is 7.81. The van der Waals surface area contributed by atoms with Crippen LogP contribution < -0.4 is 5.32 Å². The summed E-state index contributed by atoms with van der Waals surface area (Å²) in [5, 5.41) is 3.85. The SMILES string of the molecule is CCCNC1CCCCCC1CN(C)C1CCC(C)CC1. The Morgan fingerprint density at radius 1 is 0.952 bits per heavy atom. The van der Waals surface area contributed by atoms with Crippen LogP contribution in [0.3, 0.4) is 0 Å². The standard InChI is InChI=1S/C19H38N2/c1-4-14-20-19-9-7-5-6-8-17(19)15-21(3)18-12-10-16(2)11-13-18/h16-20H,4-15H2,1-3H3. The van der Waals surface area contributed by atoms with E-state index in [1.807, 2.05) is 0 Å². The van der Waals surface area contributed by atoms with Crippen molar-refractivity contribution >= 4 is 0 Å². The summed E-state index contributed by atoms with van der Waals surface area (Å²) in [6.07, 6.45) is 14.2. The van der Waals surface area contributed by atoms with Gasteiger partial charge in [-0.1, -0.05) is 33.1 Å². The molecule has 2 saturated carbocycles. The largest absolute Gasteiger partial charge is 0.314 e. The molecule has 0 aromatic rings. The van der Waals surface area contributed by atoms with Crippen LogP contribution in [-0.4, -0.2) is 37.1 Å². The molecule has 1 N–H and O–H groups in total. The van der Waals surface area contributed by atoms with Gasteiger partial charge in [0.25, 0.3) is 0 Å². The average Bonchev–Trinajstić information content (AvgIpc) is 2.71. The Labute approximate surface area is 133 Å². The summed E-state index contributed by atoms with van der Waals surface area (Å²) in [6, 6.07) is 1.63. The smallest absolute Gasteiger partial charge is 0.0107 e. The molecule has 2 heteroatoms. The van der Waals surface area contributed by atoms with Crippen LogP contribution in [0, 0.1) is 11.8 Å². The van der Waals surface area contributed by atoms with Gasteiger partial charge in [0.05, 0.1) is 0 Å². The number of hydrogen-bond donors (Lipinski definition) is 1. The number of nitrogens with zero attached hydrogens (tertiary/aromatic N) is 1. The highest BCUT2D eigenvalue weighted by Gasteiger charge is 2.28. The summed E-state index contributed by atoms with van der Waals surface area (Å²) in [5.41, 5.74) is 0. The van der Waals surface area contributed by atoms with Crippen LogP contribution in [0.25, 0.3) is 0 Å². The van der Waals surface area contributed by atoms with Crippen molar-refractivity contribution in [1.82, 2.24) is 10.2 Å². The second kappa shape index (κ2) is 9.15. The van der Waals surface area contributed by atoms with Gasteiger partial charge in [0.15, 0.2) is 0 Å². The number of nitrogens with one attached hydrogen (secondary N) is 1. The van der Waals surface area contributed by atoms with Crippen molar-refractivity contribution in [2.24, 2.45) is 11.8 Å². The molecule has 2 unspecified atom stereocenters. The first-order valence-corrected chi connectivity index (χ1v) is 9.64. The third kappa shape index (κ3) is 5.56. The van der Waals surface area contributed by atoms with Crippen LogP contribution in [0.1, 0.15) is 78.1 Å². The van der Waals surface area contributed by atoms with Gasteiger partial charge in [0.1, 0.15) is 0 Å². The number of rotatable bonds is 6. The minimum atomic E-state index is 0.775. The molecule has 21 heavy (non-hydrogen) atoms. The van der Waals surface area contributed by atoms with Crippen LogP contribution >= 0.6 is 0 Å². The Morgan fingerprint density at radius 3 is 2.38 bits per heavy atom. The molecular formula is C19H38N2. The second-order valence-corrected chi connectivity index (χ2v) is 7.81. The quantitative estimate of drug-likeness (QED) is 0.728. The molecule has 0 saturated heterocycles. The van der Waals surface area contributed by atoms with Gasteiger partial charge in [0.2, 0.25) is 0 Å². The maximum absolute atomic E-state index is 3.85. The summed E-state index contributed by atoms with van der Waals surface area (Å²) in [7, 11) is 2.39. The highest BCUT2D eigenvalue weighted by molar-refractivity contribution is 4.84. The lowest BCUT2D eigenvalue weighted by Gasteiger charge is -2.37. The molecule has 0 bridgehead atoms. The highest BCUT2D eigenvalue weighted by Crippen LogP contribution is 2.29. The topological polar surface area (TPSA) is 15.3 Å². The van der Waals surface area contributed by atoms with Crippen molar-refractivity contribution in [2.45, 2.75) is 90.1 Å². The first-order valence-electron chi connectivity index (χ1n) is 9.64. The molecule has 2 aliphatic rings. The van der Waals surface area contributed by atoms with Gasteiger partial charge in [-0.15, -0.1) is 0 Å². The van der Waals surface area contributed by atoms with Crippen LogP contribution in [0.4, 0.5) is 0 Å². The molecule has 0 aliphatic heterocycles. The fourth-order valence-electron chi connectivity index (χ4n) is 4.40.